The molecule has 3 nitrogen and oxygen atoms in total. The molecule has 1 aliphatic heterocycles. The van der Waals surface area contributed by atoms with E-state index >= 15 is 0 Å². The van der Waals surface area contributed by atoms with Crippen LogP contribution in [0.2, 0.25) is 0 Å². The van der Waals surface area contributed by atoms with E-state index in [-0.39, 0.29) is 11.7 Å². The van der Waals surface area contributed by atoms with Crippen molar-refractivity contribution in [2.45, 2.75) is 27.1 Å². The third-order valence-corrected chi connectivity index (χ3v) is 2.36. The number of rotatable bonds is 1. The fourth-order valence-electron chi connectivity index (χ4n) is 1.54. The van der Waals surface area contributed by atoms with Gasteiger partial charge in [0.05, 0.1) is 18.9 Å². The highest BCUT2D eigenvalue weighted by atomic mass is 16.7. The van der Waals surface area contributed by atoms with Gasteiger partial charge in [-0.25, -0.2) is 0 Å². The van der Waals surface area contributed by atoms with Crippen molar-refractivity contribution in [3.63, 3.8) is 0 Å². The van der Waals surface area contributed by atoms with E-state index in [0.29, 0.717) is 0 Å². The van der Waals surface area contributed by atoms with Gasteiger partial charge in [-0.1, -0.05) is 13.8 Å². The third-order valence-electron chi connectivity index (χ3n) is 2.36. The SMILES string of the molecule is Cc1ccc(C2OCC(C)(C)CO2)[nH]1. The zero-order valence-corrected chi connectivity index (χ0v) is 8.96. The number of hydrogen-bond donors (Lipinski definition) is 1. The number of nitrogens with one attached hydrogen (secondary N) is 1. The van der Waals surface area contributed by atoms with Crippen LogP contribution in [0.25, 0.3) is 0 Å². The molecule has 1 aromatic heterocycles. The second-order valence-electron chi connectivity index (χ2n) is 4.71. The van der Waals surface area contributed by atoms with Gasteiger partial charge < -0.3 is 14.5 Å². The lowest BCUT2D eigenvalue weighted by Gasteiger charge is -2.34. The molecule has 0 aromatic carbocycles. The first-order valence-electron chi connectivity index (χ1n) is 4.96. The summed E-state index contributed by atoms with van der Waals surface area (Å²) in [5.74, 6) is 0. The highest BCUT2D eigenvalue weighted by Gasteiger charge is 2.29. The Morgan fingerprint density at radius 3 is 2.43 bits per heavy atom. The van der Waals surface area contributed by atoms with E-state index in [1.54, 1.807) is 0 Å². The molecule has 14 heavy (non-hydrogen) atoms. The van der Waals surface area contributed by atoms with Crippen LogP contribution in [0, 0.1) is 12.3 Å². The van der Waals surface area contributed by atoms with Gasteiger partial charge in [0.1, 0.15) is 0 Å². The van der Waals surface area contributed by atoms with Crippen LogP contribution in [-0.2, 0) is 9.47 Å². The number of ether oxygens (including phenoxy) is 2. The first kappa shape index (κ1) is 9.74. The second kappa shape index (κ2) is 3.41. The summed E-state index contributed by atoms with van der Waals surface area (Å²) in [6.07, 6.45) is -0.211. The molecule has 0 spiro atoms. The Morgan fingerprint density at radius 2 is 1.93 bits per heavy atom. The lowest BCUT2D eigenvalue weighted by Crippen LogP contribution is -2.33. The maximum Gasteiger partial charge on any atom is 0.198 e. The maximum atomic E-state index is 5.64. The Kier molecular flexibility index (Phi) is 2.37. The fraction of sp³-hybridized carbons (Fsp3) is 0.636. The molecule has 3 heteroatoms. The minimum absolute atomic E-state index is 0.137. The Balaban J connectivity index is 2.02. The summed E-state index contributed by atoms with van der Waals surface area (Å²) in [7, 11) is 0. The van der Waals surface area contributed by atoms with E-state index in [9.17, 15) is 0 Å². The van der Waals surface area contributed by atoms with Gasteiger partial charge in [-0.05, 0) is 19.1 Å². The van der Waals surface area contributed by atoms with Gasteiger partial charge in [0.15, 0.2) is 6.29 Å². The number of H-pyrrole nitrogens is 1. The molecule has 1 aliphatic rings. The lowest BCUT2D eigenvalue weighted by molar-refractivity contribution is -0.227. The van der Waals surface area contributed by atoms with Crippen LogP contribution in [0.15, 0.2) is 12.1 Å². The molecular formula is C11H17NO2. The predicted molar refractivity (Wildman–Crippen MR) is 54.0 cm³/mol. The van der Waals surface area contributed by atoms with Crippen molar-refractivity contribution >= 4 is 0 Å². The van der Waals surface area contributed by atoms with Crippen LogP contribution in [0.4, 0.5) is 0 Å². The molecule has 2 rings (SSSR count). The van der Waals surface area contributed by atoms with Gasteiger partial charge in [0.25, 0.3) is 0 Å². The number of aromatic nitrogens is 1. The second-order valence-corrected chi connectivity index (χ2v) is 4.71. The van der Waals surface area contributed by atoms with E-state index in [1.165, 1.54) is 0 Å². The van der Waals surface area contributed by atoms with Gasteiger partial charge in [0, 0.05) is 11.1 Å². The summed E-state index contributed by atoms with van der Waals surface area (Å²) in [4.78, 5) is 3.22. The van der Waals surface area contributed by atoms with Crippen molar-refractivity contribution in [3.05, 3.63) is 23.5 Å². The molecule has 78 valence electrons. The summed E-state index contributed by atoms with van der Waals surface area (Å²) in [5, 5.41) is 0. The molecule has 0 amide bonds. The van der Waals surface area contributed by atoms with Crippen LogP contribution in [-0.4, -0.2) is 18.2 Å². The van der Waals surface area contributed by atoms with Gasteiger partial charge in [-0.3, -0.25) is 0 Å². The lowest BCUT2D eigenvalue weighted by atomic mass is 9.95. The average Bonchev–Trinajstić information content (AvgIpc) is 2.52. The van der Waals surface area contributed by atoms with Crippen LogP contribution in [0.3, 0.4) is 0 Å². The molecule has 0 bridgehead atoms. The number of aryl methyl sites for hydroxylation is 1. The summed E-state index contributed by atoms with van der Waals surface area (Å²) < 4.78 is 11.3. The normalized spacial score (nSPS) is 22.5. The van der Waals surface area contributed by atoms with E-state index in [0.717, 1.165) is 24.6 Å². The van der Waals surface area contributed by atoms with Crippen molar-refractivity contribution < 1.29 is 9.47 Å². The van der Waals surface area contributed by atoms with Crippen molar-refractivity contribution in [2.24, 2.45) is 5.41 Å². The van der Waals surface area contributed by atoms with E-state index < -0.39 is 0 Å². The quantitative estimate of drug-likeness (QED) is 0.746. The van der Waals surface area contributed by atoms with Gasteiger partial charge in [-0.2, -0.15) is 0 Å². The van der Waals surface area contributed by atoms with Crippen molar-refractivity contribution in [3.8, 4) is 0 Å². The van der Waals surface area contributed by atoms with E-state index in [1.807, 2.05) is 19.1 Å². The Morgan fingerprint density at radius 1 is 1.29 bits per heavy atom. The summed E-state index contributed by atoms with van der Waals surface area (Å²) in [6.45, 7) is 7.80. The molecule has 1 fully saturated rings. The van der Waals surface area contributed by atoms with Crippen LogP contribution in [0.5, 0.6) is 0 Å². The molecule has 0 unspecified atom stereocenters. The smallest absolute Gasteiger partial charge is 0.198 e. The Hall–Kier alpha value is -0.800. The Bertz CT molecular complexity index is 307. The molecule has 2 heterocycles. The van der Waals surface area contributed by atoms with E-state index in [4.69, 9.17) is 9.47 Å². The summed E-state index contributed by atoms with van der Waals surface area (Å²) in [6, 6.07) is 4.04. The Labute approximate surface area is 84.4 Å². The third kappa shape index (κ3) is 1.99. The minimum Gasteiger partial charge on any atom is -0.358 e. The highest BCUT2D eigenvalue weighted by molar-refractivity contribution is 5.12. The first-order chi connectivity index (χ1) is 6.57. The molecule has 0 saturated carbocycles. The number of hydrogen-bond acceptors (Lipinski definition) is 2. The van der Waals surface area contributed by atoms with Crippen molar-refractivity contribution in [1.82, 2.24) is 4.98 Å². The van der Waals surface area contributed by atoms with Gasteiger partial charge in [0.2, 0.25) is 0 Å². The van der Waals surface area contributed by atoms with Crippen molar-refractivity contribution in [2.75, 3.05) is 13.2 Å². The van der Waals surface area contributed by atoms with Crippen LogP contribution >= 0.6 is 0 Å². The topological polar surface area (TPSA) is 34.2 Å². The molecule has 1 N–H and O–H groups in total. The number of aromatic amines is 1. The van der Waals surface area contributed by atoms with Gasteiger partial charge >= 0.3 is 0 Å². The van der Waals surface area contributed by atoms with Gasteiger partial charge in [-0.15, -0.1) is 0 Å². The maximum absolute atomic E-state index is 5.64. The van der Waals surface area contributed by atoms with E-state index in [2.05, 4.69) is 18.8 Å². The van der Waals surface area contributed by atoms with Crippen molar-refractivity contribution in [1.29, 1.82) is 0 Å². The predicted octanol–water partition coefficient (Wildman–Crippen LogP) is 2.39. The molecule has 0 aliphatic carbocycles. The molecule has 1 aromatic rings. The first-order valence-corrected chi connectivity index (χ1v) is 4.96. The average molecular weight is 195 g/mol. The summed E-state index contributed by atoms with van der Waals surface area (Å²) in [5.41, 5.74) is 2.29. The molecule has 1 saturated heterocycles. The zero-order chi connectivity index (χ0) is 10.2. The molecular weight excluding hydrogens is 178 g/mol. The minimum atomic E-state index is -0.211. The van der Waals surface area contributed by atoms with Crippen LogP contribution in [0.1, 0.15) is 31.5 Å². The monoisotopic (exact) mass is 195 g/mol. The highest BCUT2D eigenvalue weighted by Crippen LogP contribution is 2.30. The zero-order valence-electron chi connectivity index (χ0n) is 8.96. The standard InChI is InChI=1S/C11H17NO2/c1-8-4-5-9(12-8)10-13-6-11(2,3)7-14-10/h4-5,10,12H,6-7H2,1-3H3. The fourth-order valence-corrected chi connectivity index (χ4v) is 1.54. The summed E-state index contributed by atoms with van der Waals surface area (Å²) >= 11 is 0. The molecule has 0 radical (unpaired) electrons. The molecule has 0 atom stereocenters. The largest absolute Gasteiger partial charge is 0.358 e. The van der Waals surface area contributed by atoms with Crippen LogP contribution < -0.4 is 0 Å².